The van der Waals surface area contributed by atoms with Crippen molar-refractivity contribution >= 4 is 5.91 Å². The largest absolute Gasteiger partial charge is 0.508 e. The number of phenolic OH excluding ortho intramolecular Hbond substituents is 2. The molecule has 0 atom stereocenters. The number of nitrogens with one attached hydrogen (secondary N) is 1. The van der Waals surface area contributed by atoms with Crippen molar-refractivity contribution in [2.45, 2.75) is 45.1 Å². The van der Waals surface area contributed by atoms with Gasteiger partial charge in [-0.25, -0.2) is 0 Å². The molecule has 1 aliphatic rings. The molecule has 2 rings (SSSR count). The normalized spacial score (nSPS) is 20.0. The predicted octanol–water partition coefficient (Wildman–Crippen LogP) is 2.16. The number of carbonyl (C=O) groups is 1. The molecule has 1 fully saturated rings. The highest BCUT2D eigenvalue weighted by molar-refractivity contribution is 5.95. The first-order chi connectivity index (χ1) is 9.69. The summed E-state index contributed by atoms with van der Waals surface area (Å²) in [5.41, 5.74) is -0.454. The van der Waals surface area contributed by atoms with Crippen molar-refractivity contribution in [1.29, 1.82) is 0 Å². The van der Waals surface area contributed by atoms with Crippen LogP contribution in [0.4, 0.5) is 0 Å². The first kappa shape index (κ1) is 15.6. The lowest BCUT2D eigenvalue weighted by Gasteiger charge is -2.40. The molecular formula is C16H23NO4. The molecule has 0 heterocycles. The zero-order valence-corrected chi connectivity index (χ0v) is 12.5. The zero-order valence-electron chi connectivity index (χ0n) is 12.5. The second kappa shape index (κ2) is 5.56. The van der Waals surface area contributed by atoms with E-state index in [1.54, 1.807) is 0 Å². The van der Waals surface area contributed by atoms with Crippen LogP contribution in [0.25, 0.3) is 0 Å². The highest BCUT2D eigenvalue weighted by atomic mass is 16.3. The monoisotopic (exact) mass is 293 g/mol. The van der Waals surface area contributed by atoms with Gasteiger partial charge in [0, 0.05) is 18.2 Å². The van der Waals surface area contributed by atoms with Crippen LogP contribution in [-0.4, -0.2) is 33.4 Å². The van der Waals surface area contributed by atoms with Crippen LogP contribution in [-0.2, 0) is 0 Å². The second-order valence-electron chi connectivity index (χ2n) is 6.81. The summed E-state index contributed by atoms with van der Waals surface area (Å²) < 4.78 is 0. The Labute approximate surface area is 124 Å². The highest BCUT2D eigenvalue weighted by Gasteiger charge is 2.36. The Hall–Kier alpha value is -1.75. The number of hydrogen-bond acceptors (Lipinski definition) is 4. The number of hydrogen-bond donors (Lipinski definition) is 4. The molecule has 21 heavy (non-hydrogen) atoms. The SMILES string of the molecule is CC1(C)CCC(O)(CNC(=O)c2cc(O)cc(O)c2)CC1. The number of aliphatic hydroxyl groups is 1. The quantitative estimate of drug-likeness (QED) is 0.687. The van der Waals surface area contributed by atoms with Gasteiger partial charge in [0.1, 0.15) is 11.5 Å². The van der Waals surface area contributed by atoms with Crippen LogP contribution in [0.2, 0.25) is 0 Å². The molecule has 5 heteroatoms. The molecule has 5 nitrogen and oxygen atoms in total. The lowest BCUT2D eigenvalue weighted by atomic mass is 9.71. The third kappa shape index (κ3) is 4.11. The van der Waals surface area contributed by atoms with Gasteiger partial charge in [-0.3, -0.25) is 4.79 Å². The molecule has 0 spiro atoms. The van der Waals surface area contributed by atoms with E-state index in [4.69, 9.17) is 0 Å². The number of phenols is 2. The lowest BCUT2D eigenvalue weighted by molar-refractivity contribution is -0.0233. The minimum atomic E-state index is -0.871. The maximum atomic E-state index is 12.0. The van der Waals surface area contributed by atoms with E-state index in [-0.39, 0.29) is 29.0 Å². The predicted molar refractivity (Wildman–Crippen MR) is 79.3 cm³/mol. The average Bonchev–Trinajstić information content (AvgIpc) is 2.39. The van der Waals surface area contributed by atoms with Crippen molar-refractivity contribution in [3.05, 3.63) is 23.8 Å². The van der Waals surface area contributed by atoms with Gasteiger partial charge in [0.2, 0.25) is 0 Å². The topological polar surface area (TPSA) is 89.8 Å². The van der Waals surface area contributed by atoms with Crippen molar-refractivity contribution < 1.29 is 20.1 Å². The number of benzene rings is 1. The lowest BCUT2D eigenvalue weighted by Crippen LogP contribution is -2.46. The molecule has 1 aliphatic carbocycles. The van der Waals surface area contributed by atoms with Crippen molar-refractivity contribution in [1.82, 2.24) is 5.32 Å². The molecule has 0 saturated heterocycles. The fourth-order valence-corrected chi connectivity index (χ4v) is 2.64. The van der Waals surface area contributed by atoms with E-state index in [1.807, 2.05) is 0 Å². The summed E-state index contributed by atoms with van der Waals surface area (Å²) >= 11 is 0. The van der Waals surface area contributed by atoms with Crippen LogP contribution in [0.1, 0.15) is 49.9 Å². The van der Waals surface area contributed by atoms with Crippen LogP contribution in [0, 0.1) is 5.41 Å². The Morgan fingerprint density at radius 2 is 1.62 bits per heavy atom. The Balaban J connectivity index is 1.95. The number of carbonyl (C=O) groups excluding carboxylic acids is 1. The van der Waals surface area contributed by atoms with Crippen LogP contribution >= 0.6 is 0 Å². The van der Waals surface area contributed by atoms with E-state index in [1.165, 1.54) is 12.1 Å². The molecule has 0 unspecified atom stereocenters. The molecule has 0 bridgehead atoms. The van der Waals surface area contributed by atoms with Gasteiger partial charge in [-0.1, -0.05) is 13.8 Å². The molecule has 0 aromatic heterocycles. The maximum absolute atomic E-state index is 12.0. The van der Waals surface area contributed by atoms with Crippen LogP contribution in [0.3, 0.4) is 0 Å². The van der Waals surface area contributed by atoms with Crippen molar-refractivity contribution in [3.63, 3.8) is 0 Å². The minimum absolute atomic E-state index is 0.168. The summed E-state index contributed by atoms with van der Waals surface area (Å²) in [5.74, 6) is -0.754. The number of aromatic hydroxyl groups is 2. The third-order valence-corrected chi connectivity index (χ3v) is 4.28. The van der Waals surface area contributed by atoms with Crippen LogP contribution in [0.5, 0.6) is 11.5 Å². The minimum Gasteiger partial charge on any atom is -0.508 e. The van der Waals surface area contributed by atoms with Gasteiger partial charge >= 0.3 is 0 Å². The summed E-state index contributed by atoms with van der Waals surface area (Å²) in [6, 6.07) is 3.72. The summed E-state index contributed by atoms with van der Waals surface area (Å²) in [5, 5.41) is 31.9. The molecule has 116 valence electrons. The summed E-state index contributed by atoms with van der Waals surface area (Å²) in [6.45, 7) is 4.54. The number of rotatable bonds is 3. The van der Waals surface area contributed by atoms with Gasteiger partial charge in [-0.15, -0.1) is 0 Å². The smallest absolute Gasteiger partial charge is 0.251 e. The first-order valence-electron chi connectivity index (χ1n) is 7.23. The molecule has 0 aliphatic heterocycles. The van der Waals surface area contributed by atoms with Crippen molar-refractivity contribution in [3.8, 4) is 11.5 Å². The van der Waals surface area contributed by atoms with E-state index in [0.29, 0.717) is 12.8 Å². The zero-order chi connectivity index (χ0) is 15.7. The van der Waals surface area contributed by atoms with Crippen LogP contribution in [0.15, 0.2) is 18.2 Å². The Morgan fingerprint density at radius 3 is 2.14 bits per heavy atom. The van der Waals surface area contributed by atoms with Gasteiger partial charge in [-0.2, -0.15) is 0 Å². The Bertz CT molecular complexity index is 509. The van der Waals surface area contributed by atoms with Crippen molar-refractivity contribution in [2.75, 3.05) is 6.54 Å². The Kier molecular flexibility index (Phi) is 4.14. The third-order valence-electron chi connectivity index (χ3n) is 4.28. The standard InChI is InChI=1S/C16H23NO4/c1-15(2)3-5-16(21,6-4-15)10-17-14(20)11-7-12(18)9-13(19)8-11/h7-9,18-19,21H,3-6,10H2,1-2H3,(H,17,20). The first-order valence-corrected chi connectivity index (χ1v) is 7.23. The Morgan fingerprint density at radius 1 is 1.10 bits per heavy atom. The maximum Gasteiger partial charge on any atom is 0.251 e. The van der Waals surface area contributed by atoms with Gasteiger partial charge in [0.25, 0.3) is 5.91 Å². The van der Waals surface area contributed by atoms with Gasteiger partial charge < -0.3 is 20.6 Å². The van der Waals surface area contributed by atoms with E-state index in [0.717, 1.165) is 18.9 Å². The molecule has 1 amide bonds. The molecular weight excluding hydrogens is 270 g/mol. The van der Waals surface area contributed by atoms with E-state index in [9.17, 15) is 20.1 Å². The summed E-state index contributed by atoms with van der Waals surface area (Å²) in [7, 11) is 0. The second-order valence-corrected chi connectivity index (χ2v) is 6.81. The van der Waals surface area contributed by atoms with Gasteiger partial charge in [0.15, 0.2) is 0 Å². The van der Waals surface area contributed by atoms with E-state index in [2.05, 4.69) is 19.2 Å². The summed E-state index contributed by atoms with van der Waals surface area (Å²) in [6.07, 6.45) is 3.16. The van der Waals surface area contributed by atoms with Crippen LogP contribution < -0.4 is 5.32 Å². The molecule has 1 aromatic rings. The van der Waals surface area contributed by atoms with Crippen molar-refractivity contribution in [2.24, 2.45) is 5.41 Å². The molecule has 4 N–H and O–H groups in total. The van der Waals surface area contributed by atoms with Gasteiger partial charge in [-0.05, 0) is 43.2 Å². The molecule has 1 aromatic carbocycles. The summed E-state index contributed by atoms with van der Waals surface area (Å²) in [4.78, 5) is 12.0. The molecule has 1 saturated carbocycles. The number of amides is 1. The molecule has 0 radical (unpaired) electrons. The van der Waals surface area contributed by atoms with Gasteiger partial charge in [0.05, 0.1) is 5.60 Å². The fraction of sp³-hybridized carbons (Fsp3) is 0.562. The van der Waals surface area contributed by atoms with E-state index < -0.39 is 11.5 Å². The average molecular weight is 293 g/mol. The fourth-order valence-electron chi connectivity index (χ4n) is 2.64. The van der Waals surface area contributed by atoms with E-state index >= 15 is 0 Å². The highest BCUT2D eigenvalue weighted by Crippen LogP contribution is 2.39.